The van der Waals surface area contributed by atoms with Gasteiger partial charge < -0.3 is 16.2 Å². The molecule has 0 saturated heterocycles. The van der Waals surface area contributed by atoms with E-state index in [1.807, 2.05) is 6.26 Å². The minimum Gasteiger partial charge on any atom is -0.480 e. The van der Waals surface area contributed by atoms with E-state index in [9.17, 15) is 4.79 Å². The minimum atomic E-state index is -0.772. The fraction of sp³-hybridized carbons (Fsp3) is 0.875. The molecule has 0 aliphatic rings. The molecule has 0 fully saturated rings. The first-order valence-electron chi connectivity index (χ1n) is 4.37. The summed E-state index contributed by atoms with van der Waals surface area (Å²) in [6, 6.07) is -0.418. The number of rotatable bonds is 8. The lowest BCUT2D eigenvalue weighted by Gasteiger charge is -2.12. The summed E-state index contributed by atoms with van der Waals surface area (Å²) in [4.78, 5) is 10.7. The summed E-state index contributed by atoms with van der Waals surface area (Å²) in [7, 11) is 0. The number of hydrogen-bond donors (Lipinski definition) is 3. The Morgan fingerprint density at radius 1 is 1.69 bits per heavy atom. The zero-order chi connectivity index (χ0) is 10.1. The quantitative estimate of drug-likeness (QED) is 0.492. The van der Waals surface area contributed by atoms with Crippen molar-refractivity contribution in [3.8, 4) is 0 Å². The van der Waals surface area contributed by atoms with Crippen LogP contribution >= 0.6 is 11.8 Å². The van der Waals surface area contributed by atoms with Gasteiger partial charge in [-0.05, 0) is 37.9 Å². The van der Waals surface area contributed by atoms with Crippen LogP contribution in [0, 0.1) is 0 Å². The Kier molecular flexibility index (Phi) is 8.18. The maximum absolute atomic E-state index is 10.7. The van der Waals surface area contributed by atoms with Crippen LogP contribution in [0.2, 0.25) is 0 Å². The van der Waals surface area contributed by atoms with E-state index in [4.69, 9.17) is 10.8 Å². The smallest absolute Gasteiger partial charge is 0.320 e. The second-order valence-electron chi connectivity index (χ2n) is 2.77. The van der Waals surface area contributed by atoms with Crippen molar-refractivity contribution in [2.24, 2.45) is 5.73 Å². The lowest BCUT2D eigenvalue weighted by Crippen LogP contribution is -2.38. The first kappa shape index (κ1) is 12.7. The summed E-state index contributed by atoms with van der Waals surface area (Å²) in [6.45, 7) is 1.28. The molecule has 5 heteroatoms. The molecule has 0 saturated carbocycles. The average molecular weight is 206 g/mol. The van der Waals surface area contributed by atoms with Gasteiger partial charge in [-0.2, -0.15) is 11.8 Å². The van der Waals surface area contributed by atoms with Crippen molar-refractivity contribution in [1.29, 1.82) is 0 Å². The molecule has 0 bridgehead atoms. The predicted octanol–water partition coefficient (Wildman–Crippen LogP) is 0.131. The molecule has 0 amide bonds. The average Bonchev–Trinajstić information content (AvgIpc) is 2.10. The molecule has 0 aliphatic heterocycles. The van der Waals surface area contributed by atoms with Gasteiger partial charge >= 0.3 is 5.97 Å². The van der Waals surface area contributed by atoms with E-state index in [1.54, 1.807) is 11.8 Å². The molecule has 4 nitrogen and oxygen atoms in total. The molecular formula is C8H18N2O2S. The van der Waals surface area contributed by atoms with Gasteiger partial charge in [-0.25, -0.2) is 0 Å². The van der Waals surface area contributed by atoms with Crippen LogP contribution in [0.5, 0.6) is 0 Å². The van der Waals surface area contributed by atoms with Crippen molar-refractivity contribution in [2.75, 3.05) is 25.1 Å². The molecule has 1 atom stereocenters. The molecule has 0 aliphatic carbocycles. The van der Waals surface area contributed by atoms with E-state index in [-0.39, 0.29) is 0 Å². The van der Waals surface area contributed by atoms with Gasteiger partial charge in [0.25, 0.3) is 0 Å². The second-order valence-corrected chi connectivity index (χ2v) is 3.75. The highest BCUT2D eigenvalue weighted by molar-refractivity contribution is 7.98. The zero-order valence-corrected chi connectivity index (χ0v) is 8.77. The molecule has 78 valence electrons. The van der Waals surface area contributed by atoms with Crippen molar-refractivity contribution in [1.82, 2.24) is 5.32 Å². The van der Waals surface area contributed by atoms with Gasteiger partial charge in [-0.1, -0.05) is 0 Å². The lowest BCUT2D eigenvalue weighted by molar-refractivity contribution is -0.139. The van der Waals surface area contributed by atoms with Gasteiger partial charge in [0.1, 0.15) is 6.04 Å². The second kappa shape index (κ2) is 8.34. The molecule has 0 heterocycles. The number of aliphatic carboxylic acids is 1. The first-order valence-corrected chi connectivity index (χ1v) is 5.77. The lowest BCUT2D eigenvalue weighted by atomic mass is 10.2. The molecule has 0 spiro atoms. The van der Waals surface area contributed by atoms with Gasteiger partial charge in [-0.15, -0.1) is 0 Å². The normalized spacial score (nSPS) is 12.8. The fourth-order valence-electron chi connectivity index (χ4n) is 0.927. The molecule has 0 rings (SSSR count). The highest BCUT2D eigenvalue weighted by atomic mass is 32.2. The number of carbonyl (C=O) groups is 1. The summed E-state index contributed by atoms with van der Waals surface area (Å²) in [5, 5.41) is 11.8. The van der Waals surface area contributed by atoms with Gasteiger partial charge in [0.15, 0.2) is 0 Å². The van der Waals surface area contributed by atoms with Crippen LogP contribution in [0.15, 0.2) is 0 Å². The third-order valence-corrected chi connectivity index (χ3v) is 2.32. The molecule has 13 heavy (non-hydrogen) atoms. The van der Waals surface area contributed by atoms with Crippen LogP contribution in [-0.4, -0.2) is 42.2 Å². The Morgan fingerprint density at radius 2 is 2.38 bits per heavy atom. The van der Waals surface area contributed by atoms with Crippen molar-refractivity contribution < 1.29 is 9.90 Å². The number of nitrogens with two attached hydrogens (primary N) is 1. The molecule has 0 aromatic rings. The number of hydrogen-bond acceptors (Lipinski definition) is 4. The monoisotopic (exact) mass is 206 g/mol. The Balaban J connectivity index is 3.61. The van der Waals surface area contributed by atoms with Crippen molar-refractivity contribution >= 4 is 17.7 Å². The summed E-state index contributed by atoms with van der Waals surface area (Å²) in [5.74, 6) is 0.0955. The van der Waals surface area contributed by atoms with Crippen LogP contribution in [-0.2, 0) is 4.79 Å². The predicted molar refractivity (Wildman–Crippen MR) is 56.1 cm³/mol. The van der Waals surface area contributed by atoms with E-state index in [0.717, 1.165) is 12.2 Å². The summed E-state index contributed by atoms with van der Waals surface area (Å²) >= 11 is 1.66. The molecule has 0 unspecified atom stereocenters. The molecule has 4 N–H and O–H groups in total. The number of thioether (sulfide) groups is 1. The van der Waals surface area contributed by atoms with Crippen molar-refractivity contribution in [2.45, 2.75) is 18.9 Å². The molecule has 0 radical (unpaired) electrons. The van der Waals surface area contributed by atoms with Crippen molar-refractivity contribution in [3.63, 3.8) is 0 Å². The molecular weight excluding hydrogens is 188 g/mol. The van der Waals surface area contributed by atoms with Gasteiger partial charge in [0, 0.05) is 0 Å². The standard InChI is InChI=1S/C8H18N2O2S/c1-13-6-3-7(8(11)12)10-5-2-4-9/h7,10H,2-6,9H2,1H3,(H,11,12)/t7-/m0/s1. The summed E-state index contributed by atoms with van der Waals surface area (Å²) < 4.78 is 0. The highest BCUT2D eigenvalue weighted by Gasteiger charge is 2.14. The van der Waals surface area contributed by atoms with E-state index in [0.29, 0.717) is 19.5 Å². The Bertz CT molecular complexity index is 144. The Morgan fingerprint density at radius 3 is 2.85 bits per heavy atom. The van der Waals surface area contributed by atoms with Crippen LogP contribution in [0.25, 0.3) is 0 Å². The molecule has 0 aromatic heterocycles. The number of carboxylic acid groups (broad SMARTS) is 1. The Labute approximate surface area is 83.3 Å². The Hall–Kier alpha value is -0.260. The van der Waals surface area contributed by atoms with Gasteiger partial charge in [0.2, 0.25) is 0 Å². The topological polar surface area (TPSA) is 75.3 Å². The molecule has 0 aromatic carbocycles. The summed E-state index contributed by atoms with van der Waals surface area (Å²) in [6.07, 6.45) is 3.46. The van der Waals surface area contributed by atoms with Crippen LogP contribution < -0.4 is 11.1 Å². The van der Waals surface area contributed by atoms with Gasteiger partial charge in [-0.3, -0.25) is 4.79 Å². The largest absolute Gasteiger partial charge is 0.480 e. The van der Waals surface area contributed by atoms with Crippen LogP contribution in [0.1, 0.15) is 12.8 Å². The maximum Gasteiger partial charge on any atom is 0.320 e. The summed E-state index contributed by atoms with van der Waals surface area (Å²) in [5.41, 5.74) is 5.30. The number of carboxylic acids is 1. The van der Waals surface area contributed by atoms with Crippen LogP contribution in [0.4, 0.5) is 0 Å². The van der Waals surface area contributed by atoms with E-state index in [2.05, 4.69) is 5.32 Å². The maximum atomic E-state index is 10.7. The third-order valence-electron chi connectivity index (χ3n) is 1.68. The first-order chi connectivity index (χ1) is 6.22. The zero-order valence-electron chi connectivity index (χ0n) is 7.95. The minimum absolute atomic E-state index is 0.418. The van der Waals surface area contributed by atoms with E-state index < -0.39 is 12.0 Å². The SMILES string of the molecule is CSCC[C@H](NCCCN)C(=O)O. The number of nitrogens with one attached hydrogen (secondary N) is 1. The van der Waals surface area contributed by atoms with E-state index >= 15 is 0 Å². The fourth-order valence-corrected chi connectivity index (χ4v) is 1.40. The van der Waals surface area contributed by atoms with Crippen molar-refractivity contribution in [3.05, 3.63) is 0 Å². The highest BCUT2D eigenvalue weighted by Crippen LogP contribution is 2.00. The van der Waals surface area contributed by atoms with Crippen LogP contribution in [0.3, 0.4) is 0 Å². The van der Waals surface area contributed by atoms with E-state index in [1.165, 1.54) is 0 Å². The van der Waals surface area contributed by atoms with Gasteiger partial charge in [0.05, 0.1) is 0 Å². The third kappa shape index (κ3) is 6.86.